The Morgan fingerprint density at radius 3 is 2.69 bits per heavy atom. The molecule has 1 aromatic heterocycles. The highest BCUT2D eigenvalue weighted by Gasteiger charge is 2.33. The van der Waals surface area contributed by atoms with Crippen LogP contribution >= 0.6 is 11.6 Å². The fourth-order valence-electron chi connectivity index (χ4n) is 3.82. The predicted molar refractivity (Wildman–Crippen MR) is 100 cm³/mol. The molecule has 4 rings (SSSR count). The minimum Gasteiger partial charge on any atom is -0.370 e. The lowest BCUT2D eigenvalue weighted by Gasteiger charge is -2.35. The van der Waals surface area contributed by atoms with Crippen molar-refractivity contribution in [3.05, 3.63) is 47.3 Å². The number of nitrogens with zero attached hydrogens (tertiary/aromatic N) is 4. The molecule has 2 aromatic rings. The molecular formula is C19H23ClN4O2. The zero-order valence-electron chi connectivity index (χ0n) is 14.7. The van der Waals surface area contributed by atoms with Crippen LogP contribution in [0.15, 0.2) is 41.1 Å². The molecule has 1 aromatic carbocycles. The van der Waals surface area contributed by atoms with Gasteiger partial charge in [0, 0.05) is 51.9 Å². The van der Waals surface area contributed by atoms with Gasteiger partial charge in [-0.15, -0.1) is 0 Å². The van der Waals surface area contributed by atoms with Gasteiger partial charge in [-0.25, -0.2) is 0 Å². The van der Waals surface area contributed by atoms with Gasteiger partial charge in [0.25, 0.3) is 0 Å². The van der Waals surface area contributed by atoms with E-state index in [1.165, 1.54) is 0 Å². The summed E-state index contributed by atoms with van der Waals surface area (Å²) in [5.41, 5.74) is 1.97. The van der Waals surface area contributed by atoms with E-state index >= 15 is 0 Å². The molecule has 0 unspecified atom stereocenters. The molecule has 3 heterocycles. The Balaban J connectivity index is 1.30. The van der Waals surface area contributed by atoms with E-state index in [9.17, 15) is 4.79 Å². The first-order valence-electron chi connectivity index (χ1n) is 9.10. The molecule has 0 N–H and O–H groups in total. The molecule has 0 spiro atoms. The van der Waals surface area contributed by atoms with Crippen molar-refractivity contribution in [3.63, 3.8) is 0 Å². The maximum Gasteiger partial charge on any atom is 0.227 e. The number of carbonyl (C=O) groups excluding carboxylic acids is 1. The molecule has 1 atom stereocenters. The second-order valence-corrected chi connectivity index (χ2v) is 7.38. The van der Waals surface area contributed by atoms with Gasteiger partial charge in [-0.1, -0.05) is 28.9 Å². The highest BCUT2D eigenvalue weighted by Crippen LogP contribution is 2.30. The van der Waals surface area contributed by atoms with Gasteiger partial charge in [0.05, 0.1) is 22.3 Å². The summed E-state index contributed by atoms with van der Waals surface area (Å²) in [6.07, 6.45) is 2.49. The van der Waals surface area contributed by atoms with E-state index in [1.54, 1.807) is 6.26 Å². The summed E-state index contributed by atoms with van der Waals surface area (Å²) in [5.74, 6) is 0.342. The summed E-state index contributed by atoms with van der Waals surface area (Å²) in [7, 11) is 0. The van der Waals surface area contributed by atoms with Gasteiger partial charge in [0.1, 0.15) is 6.26 Å². The Morgan fingerprint density at radius 1 is 1.15 bits per heavy atom. The lowest BCUT2D eigenvalue weighted by atomic mass is 10.1. The first-order valence-corrected chi connectivity index (χ1v) is 9.48. The maximum atomic E-state index is 12.9. The van der Waals surface area contributed by atoms with Gasteiger partial charge in [-0.3, -0.25) is 9.69 Å². The van der Waals surface area contributed by atoms with Crippen molar-refractivity contribution in [2.45, 2.75) is 13.0 Å². The molecule has 0 radical (unpaired) electrons. The number of para-hydroxylation sites is 1. The average molecular weight is 375 g/mol. The summed E-state index contributed by atoms with van der Waals surface area (Å²) in [6, 6.07) is 9.74. The standard InChI is InChI=1S/C19H23ClN4O2/c20-17-3-1-2-4-18(17)24-7-5-15(13-24)19(25)23-10-8-22(9-11-23)14-16-6-12-26-21-16/h1-4,6,12,15H,5,7-11,13-14H2/t15-/m1/s1. The third-order valence-electron chi connectivity index (χ3n) is 5.29. The van der Waals surface area contributed by atoms with E-state index < -0.39 is 0 Å². The number of carbonyl (C=O) groups is 1. The van der Waals surface area contributed by atoms with Crippen molar-refractivity contribution < 1.29 is 9.32 Å². The molecule has 2 aliphatic heterocycles. The van der Waals surface area contributed by atoms with Crippen molar-refractivity contribution in [2.75, 3.05) is 44.2 Å². The Labute approximate surface area is 158 Å². The molecule has 1 amide bonds. The minimum atomic E-state index is 0.0633. The van der Waals surface area contributed by atoms with Crippen LogP contribution in [0.5, 0.6) is 0 Å². The molecule has 7 heteroatoms. The molecule has 2 fully saturated rings. The fraction of sp³-hybridized carbons (Fsp3) is 0.474. The van der Waals surface area contributed by atoms with Crippen molar-refractivity contribution in [1.82, 2.24) is 15.0 Å². The topological polar surface area (TPSA) is 52.8 Å². The van der Waals surface area contributed by atoms with E-state index in [-0.39, 0.29) is 11.8 Å². The quantitative estimate of drug-likeness (QED) is 0.823. The van der Waals surface area contributed by atoms with E-state index in [2.05, 4.69) is 15.0 Å². The zero-order chi connectivity index (χ0) is 17.9. The summed E-state index contributed by atoms with van der Waals surface area (Å²) < 4.78 is 4.88. The van der Waals surface area contributed by atoms with Gasteiger partial charge >= 0.3 is 0 Å². The summed E-state index contributed by atoms with van der Waals surface area (Å²) in [4.78, 5) is 19.5. The number of benzene rings is 1. The van der Waals surface area contributed by atoms with Crippen LogP contribution < -0.4 is 4.90 Å². The number of piperazine rings is 1. The predicted octanol–water partition coefficient (Wildman–Crippen LogP) is 2.50. The van der Waals surface area contributed by atoms with E-state index in [0.717, 1.165) is 68.6 Å². The summed E-state index contributed by atoms with van der Waals surface area (Å²) in [5, 5.41) is 4.71. The van der Waals surface area contributed by atoms with Crippen LogP contribution in [0.2, 0.25) is 5.02 Å². The average Bonchev–Trinajstić information content (AvgIpc) is 3.34. The highest BCUT2D eigenvalue weighted by molar-refractivity contribution is 6.33. The molecule has 0 bridgehead atoms. The number of aromatic nitrogens is 1. The fourth-order valence-corrected chi connectivity index (χ4v) is 4.08. The number of anilines is 1. The van der Waals surface area contributed by atoms with Crippen molar-refractivity contribution in [1.29, 1.82) is 0 Å². The molecule has 6 nitrogen and oxygen atoms in total. The molecule has 2 aliphatic rings. The number of hydrogen-bond acceptors (Lipinski definition) is 5. The van der Waals surface area contributed by atoms with E-state index in [0.29, 0.717) is 0 Å². The number of halogens is 1. The smallest absolute Gasteiger partial charge is 0.227 e. The molecule has 2 saturated heterocycles. The number of amides is 1. The summed E-state index contributed by atoms with van der Waals surface area (Å²) in [6.45, 7) is 5.72. The Kier molecular flexibility index (Phi) is 5.13. The van der Waals surface area contributed by atoms with Crippen LogP contribution in [0.1, 0.15) is 12.1 Å². The van der Waals surface area contributed by atoms with Crippen LogP contribution in [-0.4, -0.2) is 60.1 Å². The molecule has 0 saturated carbocycles. The van der Waals surface area contributed by atoms with Crippen LogP contribution in [0.4, 0.5) is 5.69 Å². The second-order valence-electron chi connectivity index (χ2n) is 6.98. The minimum absolute atomic E-state index is 0.0633. The Hall–Kier alpha value is -2.05. The van der Waals surface area contributed by atoms with Crippen LogP contribution in [-0.2, 0) is 11.3 Å². The third kappa shape index (κ3) is 3.71. The lowest BCUT2D eigenvalue weighted by molar-refractivity contribution is -0.136. The second kappa shape index (κ2) is 7.68. The number of rotatable bonds is 4. The monoisotopic (exact) mass is 374 g/mol. The highest BCUT2D eigenvalue weighted by atomic mass is 35.5. The maximum absolute atomic E-state index is 12.9. The first kappa shape index (κ1) is 17.4. The molecule has 0 aliphatic carbocycles. The van der Waals surface area contributed by atoms with Gasteiger partial charge in [-0.05, 0) is 18.6 Å². The van der Waals surface area contributed by atoms with E-state index in [4.69, 9.17) is 16.1 Å². The van der Waals surface area contributed by atoms with E-state index in [1.807, 2.05) is 35.2 Å². The Bertz CT molecular complexity index is 744. The molecule has 26 heavy (non-hydrogen) atoms. The van der Waals surface area contributed by atoms with Gasteiger partial charge < -0.3 is 14.3 Å². The van der Waals surface area contributed by atoms with Crippen molar-refractivity contribution in [2.24, 2.45) is 5.92 Å². The van der Waals surface area contributed by atoms with Gasteiger partial charge in [0.2, 0.25) is 5.91 Å². The van der Waals surface area contributed by atoms with Gasteiger partial charge in [0.15, 0.2) is 0 Å². The van der Waals surface area contributed by atoms with Crippen molar-refractivity contribution >= 4 is 23.2 Å². The normalized spacial score (nSPS) is 21.3. The molecular weight excluding hydrogens is 352 g/mol. The van der Waals surface area contributed by atoms with Gasteiger partial charge in [-0.2, -0.15) is 0 Å². The SMILES string of the molecule is O=C([C@@H]1CCN(c2ccccc2Cl)C1)N1CCN(Cc2ccon2)CC1. The molecule has 138 valence electrons. The zero-order valence-corrected chi connectivity index (χ0v) is 15.4. The largest absolute Gasteiger partial charge is 0.370 e. The lowest BCUT2D eigenvalue weighted by Crippen LogP contribution is -2.50. The van der Waals surface area contributed by atoms with Crippen molar-refractivity contribution in [3.8, 4) is 0 Å². The Morgan fingerprint density at radius 2 is 1.96 bits per heavy atom. The summed E-state index contributed by atoms with van der Waals surface area (Å²) >= 11 is 6.30. The van der Waals surface area contributed by atoms with Crippen LogP contribution in [0.25, 0.3) is 0 Å². The van der Waals surface area contributed by atoms with Crippen LogP contribution in [0.3, 0.4) is 0 Å². The third-order valence-corrected chi connectivity index (χ3v) is 5.61. The van der Waals surface area contributed by atoms with Crippen LogP contribution in [0, 0.1) is 5.92 Å². The first-order chi connectivity index (χ1) is 12.7. The number of hydrogen-bond donors (Lipinski definition) is 0.